The van der Waals surface area contributed by atoms with Crippen LogP contribution in [0.4, 0.5) is 20.2 Å². The molecule has 1 aliphatic heterocycles. The van der Waals surface area contributed by atoms with Gasteiger partial charge >= 0.3 is 0 Å². The fourth-order valence-corrected chi connectivity index (χ4v) is 2.01. The van der Waals surface area contributed by atoms with Crippen molar-refractivity contribution < 1.29 is 18.4 Å². The Morgan fingerprint density at radius 2 is 2.22 bits per heavy atom. The molecular weight excluding hydrogens is 246 g/mol. The van der Waals surface area contributed by atoms with Crippen LogP contribution in [0, 0.1) is 21.7 Å². The predicted octanol–water partition coefficient (Wildman–Crippen LogP) is 2.10. The molecule has 0 bridgehead atoms. The molecule has 1 aromatic carbocycles. The van der Waals surface area contributed by atoms with Crippen LogP contribution < -0.4 is 4.90 Å². The van der Waals surface area contributed by atoms with Crippen LogP contribution in [0.3, 0.4) is 0 Å². The minimum Gasteiger partial charge on any atom is -0.377 e. The van der Waals surface area contributed by atoms with Crippen molar-refractivity contribution in [1.29, 1.82) is 0 Å². The first-order valence-electron chi connectivity index (χ1n) is 5.49. The zero-order chi connectivity index (χ0) is 13.3. The third-order valence-corrected chi connectivity index (χ3v) is 2.90. The number of hydrogen-bond donors (Lipinski definition) is 0. The van der Waals surface area contributed by atoms with Gasteiger partial charge in [0.2, 0.25) is 0 Å². The molecule has 1 aliphatic rings. The zero-order valence-corrected chi connectivity index (χ0v) is 9.73. The molecule has 0 saturated carbocycles. The molecule has 0 N–H and O–H groups in total. The van der Waals surface area contributed by atoms with E-state index < -0.39 is 22.2 Å². The molecular formula is C11H12F2N2O3. The van der Waals surface area contributed by atoms with Gasteiger partial charge in [-0.2, -0.15) is 0 Å². The Labute approximate surface area is 102 Å². The van der Waals surface area contributed by atoms with Crippen molar-refractivity contribution in [3.05, 3.63) is 33.9 Å². The van der Waals surface area contributed by atoms with Crippen LogP contribution in [0.5, 0.6) is 0 Å². The summed E-state index contributed by atoms with van der Waals surface area (Å²) < 4.78 is 32.2. The third-order valence-electron chi connectivity index (χ3n) is 2.90. The van der Waals surface area contributed by atoms with Gasteiger partial charge < -0.3 is 9.64 Å². The number of halogens is 2. The average molecular weight is 258 g/mol. The van der Waals surface area contributed by atoms with Crippen molar-refractivity contribution in [2.24, 2.45) is 0 Å². The standard InChI is InChI=1S/C11H12F2N2O3/c1-7-6-18-5-4-14(7)11-9(15(16)17)3-2-8(12)10(11)13/h2-3,7H,4-6H2,1H3. The monoisotopic (exact) mass is 258 g/mol. The molecule has 5 nitrogen and oxygen atoms in total. The van der Waals surface area contributed by atoms with Crippen LogP contribution >= 0.6 is 0 Å². The van der Waals surface area contributed by atoms with Gasteiger partial charge in [-0.15, -0.1) is 0 Å². The van der Waals surface area contributed by atoms with Gasteiger partial charge in [0.1, 0.15) is 0 Å². The lowest BCUT2D eigenvalue weighted by molar-refractivity contribution is -0.384. The van der Waals surface area contributed by atoms with Crippen LogP contribution in [0.2, 0.25) is 0 Å². The summed E-state index contributed by atoms with van der Waals surface area (Å²) in [5.41, 5.74) is -0.724. The van der Waals surface area contributed by atoms with Crippen LogP contribution in [-0.4, -0.2) is 30.7 Å². The second-order valence-corrected chi connectivity index (χ2v) is 4.10. The van der Waals surface area contributed by atoms with Gasteiger partial charge in [-0.05, 0) is 13.0 Å². The second kappa shape index (κ2) is 4.85. The highest BCUT2D eigenvalue weighted by Crippen LogP contribution is 2.34. The van der Waals surface area contributed by atoms with Gasteiger partial charge in [-0.3, -0.25) is 10.1 Å². The maximum absolute atomic E-state index is 13.8. The third kappa shape index (κ3) is 2.13. The maximum atomic E-state index is 13.8. The largest absolute Gasteiger partial charge is 0.377 e. The summed E-state index contributed by atoms with van der Waals surface area (Å²) in [6.07, 6.45) is 0. The highest BCUT2D eigenvalue weighted by molar-refractivity contribution is 5.65. The van der Waals surface area contributed by atoms with E-state index in [-0.39, 0.29) is 11.7 Å². The van der Waals surface area contributed by atoms with Crippen molar-refractivity contribution >= 4 is 11.4 Å². The van der Waals surface area contributed by atoms with Crippen molar-refractivity contribution in [3.63, 3.8) is 0 Å². The van der Waals surface area contributed by atoms with Crippen LogP contribution in [0.25, 0.3) is 0 Å². The number of rotatable bonds is 2. The van der Waals surface area contributed by atoms with Gasteiger partial charge in [0.15, 0.2) is 17.3 Å². The summed E-state index contributed by atoms with van der Waals surface area (Å²) >= 11 is 0. The van der Waals surface area contributed by atoms with E-state index in [1.54, 1.807) is 6.92 Å². The Morgan fingerprint density at radius 1 is 1.50 bits per heavy atom. The molecule has 0 spiro atoms. The first-order chi connectivity index (χ1) is 8.52. The summed E-state index contributed by atoms with van der Waals surface area (Å²) in [6, 6.07) is 1.51. The topological polar surface area (TPSA) is 55.6 Å². The Hall–Kier alpha value is -1.76. The van der Waals surface area contributed by atoms with Crippen LogP contribution in [-0.2, 0) is 4.74 Å². The molecule has 18 heavy (non-hydrogen) atoms. The van der Waals surface area contributed by atoms with Crippen molar-refractivity contribution in [2.75, 3.05) is 24.7 Å². The highest BCUT2D eigenvalue weighted by Gasteiger charge is 2.30. The first kappa shape index (κ1) is 12.7. The van der Waals surface area contributed by atoms with Gasteiger partial charge in [0.25, 0.3) is 5.69 Å². The fourth-order valence-electron chi connectivity index (χ4n) is 2.01. The van der Waals surface area contributed by atoms with Gasteiger partial charge in [-0.25, -0.2) is 8.78 Å². The Kier molecular flexibility index (Phi) is 3.42. The number of nitro groups is 1. The molecule has 1 aromatic rings. The number of ether oxygens (including phenoxy) is 1. The Bertz CT molecular complexity index is 482. The van der Waals surface area contributed by atoms with Crippen molar-refractivity contribution in [2.45, 2.75) is 13.0 Å². The van der Waals surface area contributed by atoms with E-state index in [1.165, 1.54) is 4.90 Å². The van der Waals surface area contributed by atoms with E-state index in [0.29, 0.717) is 19.8 Å². The lowest BCUT2D eigenvalue weighted by Gasteiger charge is -2.34. The van der Waals surface area contributed by atoms with Crippen molar-refractivity contribution in [3.8, 4) is 0 Å². The summed E-state index contributed by atoms with van der Waals surface area (Å²) in [7, 11) is 0. The molecule has 98 valence electrons. The smallest absolute Gasteiger partial charge is 0.295 e. The molecule has 1 unspecified atom stereocenters. The number of nitrogens with zero attached hydrogens (tertiary/aromatic N) is 2. The van der Waals surface area contributed by atoms with E-state index >= 15 is 0 Å². The van der Waals surface area contributed by atoms with E-state index in [1.807, 2.05) is 0 Å². The maximum Gasteiger partial charge on any atom is 0.295 e. The normalized spacial score (nSPS) is 19.9. The molecule has 1 atom stereocenters. The molecule has 7 heteroatoms. The number of anilines is 1. The lowest BCUT2D eigenvalue weighted by Crippen LogP contribution is -2.44. The molecule has 0 amide bonds. The van der Waals surface area contributed by atoms with Gasteiger partial charge in [-0.1, -0.05) is 0 Å². The summed E-state index contributed by atoms with van der Waals surface area (Å²) in [6.45, 7) is 2.69. The first-order valence-corrected chi connectivity index (χ1v) is 5.49. The van der Waals surface area contributed by atoms with Gasteiger partial charge in [0.05, 0.1) is 18.1 Å². The zero-order valence-electron chi connectivity index (χ0n) is 9.73. The predicted molar refractivity (Wildman–Crippen MR) is 60.6 cm³/mol. The molecule has 2 rings (SSSR count). The molecule has 1 fully saturated rings. The molecule has 0 aromatic heterocycles. The molecule has 1 saturated heterocycles. The number of hydrogen-bond acceptors (Lipinski definition) is 4. The minimum absolute atomic E-state index is 0.242. The minimum atomic E-state index is -1.18. The Balaban J connectivity index is 2.52. The van der Waals surface area contributed by atoms with E-state index in [2.05, 4.69) is 0 Å². The average Bonchev–Trinajstić information content (AvgIpc) is 2.33. The quantitative estimate of drug-likeness (QED) is 0.602. The number of morpholine rings is 1. The van der Waals surface area contributed by atoms with E-state index in [9.17, 15) is 18.9 Å². The van der Waals surface area contributed by atoms with Crippen LogP contribution in [0.15, 0.2) is 12.1 Å². The number of benzene rings is 1. The molecule has 0 aliphatic carbocycles. The van der Waals surface area contributed by atoms with E-state index in [4.69, 9.17) is 4.74 Å². The second-order valence-electron chi connectivity index (χ2n) is 4.10. The van der Waals surface area contributed by atoms with E-state index in [0.717, 1.165) is 12.1 Å². The van der Waals surface area contributed by atoms with Gasteiger partial charge in [0, 0.05) is 18.7 Å². The molecule has 0 radical (unpaired) electrons. The lowest BCUT2D eigenvalue weighted by atomic mass is 10.1. The number of nitro benzene ring substituents is 1. The Morgan fingerprint density at radius 3 is 2.83 bits per heavy atom. The summed E-state index contributed by atoms with van der Waals surface area (Å²) in [5, 5.41) is 10.9. The fraction of sp³-hybridized carbons (Fsp3) is 0.455. The molecule has 1 heterocycles. The highest BCUT2D eigenvalue weighted by atomic mass is 19.2. The SMILES string of the molecule is CC1COCCN1c1c([N+](=O)[O-])ccc(F)c1F. The van der Waals surface area contributed by atoms with Crippen molar-refractivity contribution in [1.82, 2.24) is 0 Å². The summed E-state index contributed by atoms with van der Waals surface area (Å²) in [5.74, 6) is -2.27. The summed E-state index contributed by atoms with van der Waals surface area (Å²) in [4.78, 5) is 11.7. The van der Waals surface area contributed by atoms with Crippen LogP contribution in [0.1, 0.15) is 6.92 Å².